The molecule has 1 aromatic heterocycles. The molecule has 2 aromatic rings. The molecule has 0 amide bonds. The van der Waals surface area contributed by atoms with E-state index in [9.17, 15) is 0 Å². The first-order valence-corrected chi connectivity index (χ1v) is 6.77. The Hall–Kier alpha value is -1.62. The summed E-state index contributed by atoms with van der Waals surface area (Å²) >= 11 is 3.68. The number of nitrogens with zero attached hydrogens (tertiary/aromatic N) is 2. The van der Waals surface area contributed by atoms with Crippen molar-refractivity contribution in [1.29, 1.82) is 0 Å². The average molecular weight is 323 g/mol. The van der Waals surface area contributed by atoms with Crippen molar-refractivity contribution in [2.75, 3.05) is 14.2 Å². The summed E-state index contributed by atoms with van der Waals surface area (Å²) in [7, 11) is 3.26. The Morgan fingerprint density at radius 3 is 2.74 bits per heavy atom. The summed E-state index contributed by atoms with van der Waals surface area (Å²) in [6.07, 6.45) is 2.27. The average Bonchev–Trinajstić information content (AvgIpc) is 2.47. The lowest BCUT2D eigenvalue weighted by molar-refractivity contribution is 0.396. The Morgan fingerprint density at radius 2 is 2.00 bits per heavy atom. The van der Waals surface area contributed by atoms with Crippen LogP contribution >= 0.6 is 15.9 Å². The zero-order valence-corrected chi connectivity index (χ0v) is 12.4. The molecule has 5 heteroatoms. The molecule has 0 bridgehead atoms. The van der Waals surface area contributed by atoms with Crippen molar-refractivity contribution in [2.24, 2.45) is 0 Å². The van der Waals surface area contributed by atoms with E-state index < -0.39 is 0 Å². The first-order chi connectivity index (χ1) is 9.22. The molecule has 1 aromatic carbocycles. The van der Waals surface area contributed by atoms with E-state index in [0.29, 0.717) is 5.88 Å². The number of hydrogen-bond acceptors (Lipinski definition) is 4. The molecule has 2 rings (SSSR count). The summed E-state index contributed by atoms with van der Waals surface area (Å²) in [5.74, 6) is 1.43. The van der Waals surface area contributed by atoms with Crippen LogP contribution in [0.2, 0.25) is 0 Å². The predicted octanol–water partition coefficient (Wildman–Crippen LogP) is 3.17. The van der Waals surface area contributed by atoms with Crippen LogP contribution in [0.1, 0.15) is 16.1 Å². The normalized spacial score (nSPS) is 11.9. The smallest absolute Gasteiger partial charge is 0.216 e. The summed E-state index contributed by atoms with van der Waals surface area (Å²) in [5, 5.41) is 0. The highest BCUT2D eigenvalue weighted by Gasteiger charge is 2.11. The van der Waals surface area contributed by atoms with E-state index in [1.54, 1.807) is 14.2 Å². The Balaban J connectivity index is 2.13. The number of rotatable bonds is 5. The van der Waals surface area contributed by atoms with E-state index in [2.05, 4.69) is 32.0 Å². The second-order valence-electron chi connectivity index (χ2n) is 4.00. The maximum atomic E-state index is 5.23. The monoisotopic (exact) mass is 322 g/mol. The van der Waals surface area contributed by atoms with E-state index >= 15 is 0 Å². The van der Waals surface area contributed by atoms with Gasteiger partial charge < -0.3 is 9.47 Å². The van der Waals surface area contributed by atoms with Crippen LogP contribution in [-0.2, 0) is 6.42 Å². The molecule has 0 fully saturated rings. The van der Waals surface area contributed by atoms with Crippen LogP contribution in [0.15, 0.2) is 36.7 Å². The van der Waals surface area contributed by atoms with Crippen LogP contribution in [-0.4, -0.2) is 24.2 Å². The number of ether oxygens (including phenoxy) is 2. The number of benzene rings is 1. The molecule has 0 aliphatic rings. The molecular weight excluding hydrogens is 308 g/mol. The molecule has 0 spiro atoms. The van der Waals surface area contributed by atoms with Crippen molar-refractivity contribution in [2.45, 2.75) is 11.2 Å². The van der Waals surface area contributed by atoms with Crippen LogP contribution in [0.3, 0.4) is 0 Å². The van der Waals surface area contributed by atoms with Gasteiger partial charge in [-0.25, -0.2) is 9.97 Å². The molecule has 4 nitrogen and oxygen atoms in total. The minimum atomic E-state index is 0.169. The molecule has 1 unspecified atom stereocenters. The van der Waals surface area contributed by atoms with Crippen LogP contribution in [0.5, 0.6) is 11.6 Å². The van der Waals surface area contributed by atoms with Crippen molar-refractivity contribution in [1.82, 2.24) is 9.97 Å². The van der Waals surface area contributed by atoms with Crippen LogP contribution in [0.25, 0.3) is 0 Å². The Kier molecular flexibility index (Phi) is 4.74. The molecule has 0 N–H and O–H groups in total. The number of methoxy groups -OCH3 is 2. The van der Waals surface area contributed by atoms with Gasteiger partial charge in [0.05, 0.1) is 14.2 Å². The van der Waals surface area contributed by atoms with Crippen molar-refractivity contribution in [3.05, 3.63) is 47.9 Å². The third kappa shape index (κ3) is 3.67. The number of alkyl halides is 1. The van der Waals surface area contributed by atoms with Gasteiger partial charge in [0.25, 0.3) is 0 Å². The molecule has 0 saturated carbocycles. The zero-order chi connectivity index (χ0) is 13.7. The lowest BCUT2D eigenvalue weighted by Gasteiger charge is -2.11. The molecule has 0 aliphatic carbocycles. The fourth-order valence-electron chi connectivity index (χ4n) is 1.74. The van der Waals surface area contributed by atoms with E-state index in [1.807, 2.05) is 24.3 Å². The first kappa shape index (κ1) is 13.8. The number of aromatic nitrogens is 2. The highest BCUT2D eigenvalue weighted by Crippen LogP contribution is 2.29. The van der Waals surface area contributed by atoms with Crippen molar-refractivity contribution < 1.29 is 9.47 Å². The lowest BCUT2D eigenvalue weighted by Crippen LogP contribution is -2.00. The molecule has 19 heavy (non-hydrogen) atoms. The van der Waals surface area contributed by atoms with Gasteiger partial charge in [0.1, 0.15) is 12.1 Å². The lowest BCUT2D eigenvalue weighted by atomic mass is 10.1. The molecule has 1 heterocycles. The van der Waals surface area contributed by atoms with Crippen molar-refractivity contribution in [3.8, 4) is 11.6 Å². The third-order valence-corrected chi connectivity index (χ3v) is 3.60. The van der Waals surface area contributed by atoms with Crippen molar-refractivity contribution >= 4 is 15.9 Å². The van der Waals surface area contributed by atoms with Gasteiger partial charge in [-0.05, 0) is 17.7 Å². The van der Waals surface area contributed by atoms with Crippen molar-refractivity contribution in [3.63, 3.8) is 0 Å². The summed E-state index contributed by atoms with van der Waals surface area (Å²) in [6, 6.07) is 9.81. The maximum Gasteiger partial charge on any atom is 0.216 e. The molecule has 1 atom stereocenters. The Morgan fingerprint density at radius 1 is 1.16 bits per heavy atom. The first-order valence-electron chi connectivity index (χ1n) is 5.86. The summed E-state index contributed by atoms with van der Waals surface area (Å²) in [5.41, 5.74) is 2.08. The predicted molar refractivity (Wildman–Crippen MR) is 77.0 cm³/mol. The number of halogens is 1. The van der Waals surface area contributed by atoms with E-state index in [0.717, 1.165) is 23.4 Å². The second-order valence-corrected chi connectivity index (χ2v) is 5.11. The van der Waals surface area contributed by atoms with Crippen LogP contribution in [0.4, 0.5) is 0 Å². The van der Waals surface area contributed by atoms with Gasteiger partial charge >= 0.3 is 0 Å². The molecule has 0 saturated heterocycles. The minimum Gasteiger partial charge on any atom is -0.497 e. The molecular formula is C14H15BrN2O2. The van der Waals surface area contributed by atoms with E-state index in [-0.39, 0.29) is 4.83 Å². The standard InChI is InChI=1S/C14H15BrN2O2/c1-18-12-5-3-4-10(6-12)13(15)7-11-8-14(19-2)17-9-16-11/h3-6,8-9,13H,7H2,1-2H3. The molecule has 0 radical (unpaired) electrons. The quantitative estimate of drug-likeness (QED) is 0.793. The highest BCUT2D eigenvalue weighted by atomic mass is 79.9. The van der Waals surface area contributed by atoms with E-state index in [4.69, 9.17) is 9.47 Å². The zero-order valence-electron chi connectivity index (χ0n) is 10.8. The van der Waals surface area contributed by atoms with Gasteiger partial charge in [-0.15, -0.1) is 0 Å². The van der Waals surface area contributed by atoms with E-state index in [1.165, 1.54) is 6.33 Å². The minimum absolute atomic E-state index is 0.169. The third-order valence-electron chi connectivity index (χ3n) is 2.75. The second kappa shape index (κ2) is 6.52. The van der Waals surface area contributed by atoms with Gasteiger partial charge in [-0.2, -0.15) is 0 Å². The Labute approximate surface area is 120 Å². The summed E-state index contributed by atoms with van der Waals surface area (Å²) < 4.78 is 10.3. The fraction of sp³-hybridized carbons (Fsp3) is 0.286. The number of hydrogen-bond donors (Lipinski definition) is 0. The Bertz CT molecular complexity index is 548. The van der Waals surface area contributed by atoms with Crippen LogP contribution < -0.4 is 9.47 Å². The summed E-state index contributed by atoms with van der Waals surface area (Å²) in [4.78, 5) is 8.41. The van der Waals surface area contributed by atoms with Gasteiger partial charge in [-0.1, -0.05) is 28.1 Å². The summed E-state index contributed by atoms with van der Waals surface area (Å²) in [6.45, 7) is 0. The SMILES string of the molecule is COc1cccc(C(Br)Cc2cc(OC)ncn2)c1. The largest absolute Gasteiger partial charge is 0.497 e. The molecule has 0 aliphatic heterocycles. The van der Waals surface area contributed by atoms with Gasteiger partial charge in [0, 0.05) is 23.0 Å². The topological polar surface area (TPSA) is 44.2 Å². The fourth-order valence-corrected chi connectivity index (χ4v) is 2.35. The highest BCUT2D eigenvalue weighted by molar-refractivity contribution is 9.09. The van der Waals surface area contributed by atoms with Gasteiger partial charge in [0.2, 0.25) is 5.88 Å². The molecule has 100 valence electrons. The van der Waals surface area contributed by atoms with Crippen LogP contribution in [0, 0.1) is 0 Å². The van der Waals surface area contributed by atoms with Gasteiger partial charge in [0.15, 0.2) is 0 Å². The maximum absolute atomic E-state index is 5.23. The van der Waals surface area contributed by atoms with Gasteiger partial charge in [-0.3, -0.25) is 0 Å².